The minimum Gasteiger partial charge on any atom is -0.343 e. The number of pyridine rings is 1. The molecular weight excluding hydrogens is 440 g/mol. The summed E-state index contributed by atoms with van der Waals surface area (Å²) in [5.41, 5.74) is 3.47. The highest BCUT2D eigenvalue weighted by Crippen LogP contribution is 2.50. The van der Waals surface area contributed by atoms with Crippen LogP contribution in [0.5, 0.6) is 0 Å². The Labute approximate surface area is 153 Å². The highest BCUT2D eigenvalue weighted by molar-refractivity contribution is 9.12. The first-order valence-electron chi connectivity index (χ1n) is 6.93. The highest BCUT2D eigenvalue weighted by atomic mass is 79.9. The van der Waals surface area contributed by atoms with Gasteiger partial charge in [0.2, 0.25) is 0 Å². The van der Waals surface area contributed by atoms with Gasteiger partial charge in [-0.2, -0.15) is 0 Å². The smallest absolute Gasteiger partial charge is 0.193 e. The van der Waals surface area contributed by atoms with E-state index in [1.54, 1.807) is 23.7 Å². The van der Waals surface area contributed by atoms with Crippen LogP contribution >= 0.6 is 43.2 Å². The summed E-state index contributed by atoms with van der Waals surface area (Å²) >= 11 is 8.69. The zero-order chi connectivity index (χ0) is 16.0. The molecule has 0 bridgehead atoms. The second-order valence-electron chi connectivity index (χ2n) is 5.19. The van der Waals surface area contributed by atoms with Gasteiger partial charge in [0.05, 0.1) is 19.2 Å². The number of halogens is 2. The summed E-state index contributed by atoms with van der Waals surface area (Å²) in [5.74, 6) is 0.0661. The monoisotopic (exact) mass is 448 g/mol. The van der Waals surface area contributed by atoms with Gasteiger partial charge in [-0.3, -0.25) is 9.78 Å². The number of hydrogen-bond acceptors (Lipinski definition) is 3. The number of carbonyl (C=O) groups is 1. The lowest BCUT2D eigenvalue weighted by Crippen LogP contribution is -2.09. The van der Waals surface area contributed by atoms with Gasteiger partial charge in [-0.05, 0) is 61.7 Å². The predicted molar refractivity (Wildman–Crippen MR) is 98.8 cm³/mol. The summed E-state index contributed by atoms with van der Waals surface area (Å²) in [5, 5.41) is 0. The maximum atomic E-state index is 13.0. The van der Waals surface area contributed by atoms with Crippen molar-refractivity contribution in [3.8, 4) is 0 Å². The fourth-order valence-corrected chi connectivity index (χ4v) is 6.10. The first-order valence-corrected chi connectivity index (χ1v) is 9.33. The van der Waals surface area contributed by atoms with Crippen LogP contribution in [-0.4, -0.2) is 15.3 Å². The Morgan fingerprint density at radius 1 is 1.17 bits per heavy atom. The van der Waals surface area contributed by atoms with E-state index in [2.05, 4.69) is 41.4 Å². The molecule has 1 atom stereocenters. The SMILES string of the molecule is O=C1C(=Cc2cccnc2)C(n2cccc2)c2c(Br)sc(Br)c21. The highest BCUT2D eigenvalue weighted by Gasteiger charge is 2.40. The van der Waals surface area contributed by atoms with Crippen molar-refractivity contribution in [1.82, 2.24) is 9.55 Å². The minimum absolute atomic E-state index is 0.0661. The van der Waals surface area contributed by atoms with Crippen LogP contribution in [-0.2, 0) is 0 Å². The number of hydrogen-bond donors (Lipinski definition) is 0. The molecular formula is C17H10Br2N2OS. The number of rotatable bonds is 2. The molecule has 1 aliphatic carbocycles. The fourth-order valence-electron chi connectivity index (χ4n) is 2.88. The maximum Gasteiger partial charge on any atom is 0.193 e. The van der Waals surface area contributed by atoms with Crippen LogP contribution in [0.15, 0.2) is 62.2 Å². The van der Waals surface area contributed by atoms with Gasteiger partial charge in [0.25, 0.3) is 0 Å². The Balaban J connectivity index is 1.94. The van der Waals surface area contributed by atoms with E-state index < -0.39 is 0 Å². The van der Waals surface area contributed by atoms with Crippen molar-refractivity contribution in [3.05, 3.63) is 78.9 Å². The normalized spacial score (nSPS) is 18.6. The zero-order valence-electron chi connectivity index (χ0n) is 11.7. The third kappa shape index (κ3) is 2.45. The van der Waals surface area contributed by atoms with Gasteiger partial charge in [-0.15, -0.1) is 11.3 Å². The van der Waals surface area contributed by atoms with Crippen molar-refractivity contribution in [3.63, 3.8) is 0 Å². The molecule has 3 heterocycles. The Morgan fingerprint density at radius 2 is 1.96 bits per heavy atom. The molecule has 0 radical (unpaired) electrons. The molecule has 6 heteroatoms. The zero-order valence-corrected chi connectivity index (χ0v) is 15.7. The van der Waals surface area contributed by atoms with Gasteiger partial charge in [-0.1, -0.05) is 6.07 Å². The molecule has 0 aromatic carbocycles. The third-order valence-corrected chi connectivity index (χ3v) is 6.42. The summed E-state index contributed by atoms with van der Waals surface area (Å²) in [7, 11) is 0. The minimum atomic E-state index is -0.121. The lowest BCUT2D eigenvalue weighted by atomic mass is 10.0. The largest absolute Gasteiger partial charge is 0.343 e. The van der Waals surface area contributed by atoms with E-state index >= 15 is 0 Å². The van der Waals surface area contributed by atoms with E-state index in [1.165, 1.54) is 0 Å². The molecule has 23 heavy (non-hydrogen) atoms. The van der Waals surface area contributed by atoms with Crippen molar-refractivity contribution < 1.29 is 4.79 Å². The summed E-state index contributed by atoms with van der Waals surface area (Å²) in [4.78, 5) is 17.1. The van der Waals surface area contributed by atoms with Crippen LogP contribution in [0.25, 0.3) is 6.08 Å². The lowest BCUT2D eigenvalue weighted by molar-refractivity contribution is 0.103. The van der Waals surface area contributed by atoms with E-state index in [-0.39, 0.29) is 11.8 Å². The molecule has 0 amide bonds. The third-order valence-electron chi connectivity index (χ3n) is 3.85. The second kappa shape index (κ2) is 5.85. The number of aromatic nitrogens is 2. The predicted octanol–water partition coefficient (Wildman–Crippen LogP) is 5.34. The standard InChI is InChI=1S/C17H10Br2N2OS/c18-16-12-13(17(19)23-16)15(22)11(8-10-4-3-5-20-9-10)14(12)21-6-1-2-7-21/h1-9,14H. The number of Topliss-reactive ketones (excluding diaryl/α,β-unsaturated/α-hetero) is 1. The van der Waals surface area contributed by atoms with Crippen LogP contribution in [0.4, 0.5) is 0 Å². The van der Waals surface area contributed by atoms with Gasteiger partial charge < -0.3 is 4.57 Å². The van der Waals surface area contributed by atoms with E-state index in [9.17, 15) is 4.79 Å². The molecule has 0 saturated carbocycles. The number of ketones is 1. The average molecular weight is 450 g/mol. The topological polar surface area (TPSA) is 34.9 Å². The van der Waals surface area contributed by atoms with Crippen LogP contribution in [0.1, 0.15) is 27.5 Å². The number of allylic oxidation sites excluding steroid dienone is 1. The first kappa shape index (κ1) is 15.1. The first-order chi connectivity index (χ1) is 11.2. The summed E-state index contributed by atoms with van der Waals surface area (Å²) in [6.07, 6.45) is 9.40. The molecule has 1 aliphatic rings. The molecule has 4 rings (SSSR count). The van der Waals surface area contributed by atoms with E-state index in [0.29, 0.717) is 0 Å². The van der Waals surface area contributed by atoms with E-state index in [4.69, 9.17) is 0 Å². The Morgan fingerprint density at radius 3 is 2.65 bits per heavy atom. The van der Waals surface area contributed by atoms with Crippen molar-refractivity contribution in [2.24, 2.45) is 0 Å². The van der Waals surface area contributed by atoms with Gasteiger partial charge in [0, 0.05) is 35.9 Å². The number of fused-ring (bicyclic) bond motifs is 1. The van der Waals surface area contributed by atoms with Gasteiger partial charge in [0.15, 0.2) is 5.78 Å². The summed E-state index contributed by atoms with van der Waals surface area (Å²) < 4.78 is 3.92. The second-order valence-corrected chi connectivity index (χ2v) is 8.84. The quantitative estimate of drug-likeness (QED) is 0.495. The molecule has 3 aromatic heterocycles. The molecule has 114 valence electrons. The van der Waals surface area contributed by atoms with Gasteiger partial charge >= 0.3 is 0 Å². The Kier molecular flexibility index (Phi) is 3.83. The molecule has 0 fully saturated rings. The molecule has 3 aromatic rings. The summed E-state index contributed by atoms with van der Waals surface area (Å²) in [6, 6.07) is 7.65. The van der Waals surface area contributed by atoms with Gasteiger partial charge in [-0.25, -0.2) is 0 Å². The van der Waals surface area contributed by atoms with Crippen molar-refractivity contribution in [2.75, 3.05) is 0 Å². The fraction of sp³-hybridized carbons (Fsp3) is 0.0588. The average Bonchev–Trinajstić information content (AvgIpc) is 3.22. The van der Waals surface area contributed by atoms with Crippen molar-refractivity contribution in [2.45, 2.75) is 6.04 Å². The van der Waals surface area contributed by atoms with E-state index in [1.807, 2.05) is 42.7 Å². The van der Waals surface area contributed by atoms with Crippen LogP contribution in [0.3, 0.4) is 0 Å². The molecule has 3 nitrogen and oxygen atoms in total. The Hall–Kier alpha value is -1.50. The van der Waals surface area contributed by atoms with Crippen molar-refractivity contribution in [1.29, 1.82) is 0 Å². The molecule has 1 unspecified atom stereocenters. The number of carbonyl (C=O) groups excluding carboxylic acids is 1. The summed E-state index contributed by atoms with van der Waals surface area (Å²) in [6.45, 7) is 0. The number of thiophene rings is 1. The van der Waals surface area contributed by atoms with Gasteiger partial charge in [0.1, 0.15) is 0 Å². The van der Waals surface area contributed by atoms with Crippen molar-refractivity contribution >= 4 is 55.1 Å². The van der Waals surface area contributed by atoms with Crippen LogP contribution in [0.2, 0.25) is 0 Å². The molecule has 0 aliphatic heterocycles. The van der Waals surface area contributed by atoms with E-state index in [0.717, 1.165) is 29.8 Å². The number of nitrogens with zero attached hydrogens (tertiary/aromatic N) is 2. The lowest BCUT2D eigenvalue weighted by Gasteiger charge is -2.15. The molecule has 0 N–H and O–H groups in total. The van der Waals surface area contributed by atoms with Crippen LogP contribution in [0, 0.1) is 0 Å². The molecule has 0 saturated heterocycles. The van der Waals surface area contributed by atoms with Crippen LogP contribution < -0.4 is 0 Å². The maximum absolute atomic E-state index is 13.0. The Bertz CT molecular complexity index is 914. The molecule has 0 spiro atoms.